The van der Waals surface area contributed by atoms with Gasteiger partial charge in [0.25, 0.3) is 0 Å². The van der Waals surface area contributed by atoms with Gasteiger partial charge in [0.15, 0.2) is 0 Å². The number of aliphatic hydroxyl groups excluding tert-OH is 1. The van der Waals surface area contributed by atoms with Crippen LogP contribution in [0.3, 0.4) is 0 Å². The second kappa shape index (κ2) is 4.69. The van der Waals surface area contributed by atoms with Gasteiger partial charge in [0.1, 0.15) is 0 Å². The van der Waals surface area contributed by atoms with Crippen LogP contribution in [0.5, 0.6) is 0 Å². The van der Waals surface area contributed by atoms with Crippen LogP contribution in [0.4, 0.5) is 0 Å². The molecule has 4 heteroatoms. The summed E-state index contributed by atoms with van der Waals surface area (Å²) >= 11 is 1.71. The number of aromatic nitrogens is 1. The van der Waals surface area contributed by atoms with Crippen LogP contribution in [0.25, 0.3) is 0 Å². The van der Waals surface area contributed by atoms with Gasteiger partial charge in [-0.15, -0.1) is 11.3 Å². The lowest BCUT2D eigenvalue weighted by atomic mass is 10.3. The van der Waals surface area contributed by atoms with Gasteiger partial charge in [0.05, 0.1) is 16.8 Å². The molecule has 1 aromatic rings. The van der Waals surface area contributed by atoms with Crippen molar-refractivity contribution >= 4 is 11.3 Å². The molecule has 0 aromatic carbocycles. The summed E-state index contributed by atoms with van der Waals surface area (Å²) in [4.78, 5) is 5.59. The zero-order chi connectivity index (χ0) is 9.84. The highest BCUT2D eigenvalue weighted by Crippen LogP contribution is 2.16. The Kier molecular flexibility index (Phi) is 3.84. The fraction of sp³-hybridized carbons (Fsp3) is 0.667. The Balaban J connectivity index is 2.40. The largest absolute Gasteiger partial charge is 0.392 e. The van der Waals surface area contributed by atoms with E-state index < -0.39 is 0 Å². The van der Waals surface area contributed by atoms with E-state index in [0.29, 0.717) is 6.54 Å². The maximum Gasteiger partial charge on any atom is 0.0900 e. The lowest BCUT2D eigenvalue weighted by Crippen LogP contribution is -2.23. The second-order valence-electron chi connectivity index (χ2n) is 3.22. The minimum Gasteiger partial charge on any atom is -0.392 e. The quantitative estimate of drug-likeness (QED) is 0.768. The van der Waals surface area contributed by atoms with Crippen molar-refractivity contribution in [3.8, 4) is 0 Å². The molecule has 0 spiro atoms. The summed E-state index contributed by atoms with van der Waals surface area (Å²) in [6.07, 6.45) is -0.283. The highest BCUT2D eigenvalue weighted by molar-refractivity contribution is 7.11. The summed E-state index contributed by atoms with van der Waals surface area (Å²) in [7, 11) is 0. The molecule has 3 nitrogen and oxygen atoms in total. The Morgan fingerprint density at radius 3 is 2.69 bits per heavy atom. The number of nitrogens with zero attached hydrogens (tertiary/aromatic N) is 1. The molecule has 0 aliphatic carbocycles. The van der Waals surface area contributed by atoms with Gasteiger partial charge in [-0.25, -0.2) is 4.98 Å². The molecule has 1 aromatic heterocycles. The van der Waals surface area contributed by atoms with Gasteiger partial charge < -0.3 is 10.4 Å². The lowest BCUT2D eigenvalue weighted by molar-refractivity contribution is 0.191. The molecule has 0 bridgehead atoms. The third kappa shape index (κ3) is 3.42. The Hall–Kier alpha value is -0.450. The van der Waals surface area contributed by atoms with E-state index in [2.05, 4.69) is 10.3 Å². The van der Waals surface area contributed by atoms with Gasteiger partial charge in [-0.2, -0.15) is 0 Å². The predicted molar refractivity (Wildman–Crippen MR) is 55.0 cm³/mol. The molecule has 0 amide bonds. The molecule has 0 saturated carbocycles. The number of hydrogen-bond donors (Lipinski definition) is 2. The lowest BCUT2D eigenvalue weighted by Gasteiger charge is -2.05. The highest BCUT2D eigenvalue weighted by atomic mass is 32.1. The van der Waals surface area contributed by atoms with Crippen LogP contribution in [0, 0.1) is 13.8 Å². The van der Waals surface area contributed by atoms with Crippen LogP contribution in [-0.4, -0.2) is 22.7 Å². The molecule has 0 radical (unpaired) electrons. The molecule has 74 valence electrons. The van der Waals surface area contributed by atoms with E-state index >= 15 is 0 Å². The summed E-state index contributed by atoms with van der Waals surface area (Å²) in [5.41, 5.74) is 1.10. The average molecular weight is 200 g/mol. The van der Waals surface area contributed by atoms with Crippen molar-refractivity contribution in [2.24, 2.45) is 0 Å². The van der Waals surface area contributed by atoms with Crippen molar-refractivity contribution in [1.82, 2.24) is 10.3 Å². The minimum atomic E-state index is -0.283. The molecule has 1 rings (SSSR count). The number of aliphatic hydroxyl groups is 1. The summed E-state index contributed by atoms with van der Waals surface area (Å²) in [5.74, 6) is 0. The molecule has 0 unspecified atom stereocenters. The Morgan fingerprint density at radius 2 is 2.23 bits per heavy atom. The molecule has 13 heavy (non-hydrogen) atoms. The summed E-state index contributed by atoms with van der Waals surface area (Å²) < 4.78 is 0. The summed E-state index contributed by atoms with van der Waals surface area (Å²) in [6.45, 7) is 7.25. The van der Waals surface area contributed by atoms with Crippen LogP contribution in [-0.2, 0) is 6.54 Å². The molecule has 0 saturated heterocycles. The van der Waals surface area contributed by atoms with Crippen molar-refractivity contribution in [1.29, 1.82) is 0 Å². The summed E-state index contributed by atoms with van der Waals surface area (Å²) in [6, 6.07) is 0. The topological polar surface area (TPSA) is 45.2 Å². The standard InChI is InChI=1S/C9H16N2OS/c1-6(12)4-10-5-9-7(2)11-8(3)13-9/h6,10,12H,4-5H2,1-3H3/t6-/m0/s1. The summed E-state index contributed by atoms with van der Waals surface area (Å²) in [5, 5.41) is 13.3. The van der Waals surface area contributed by atoms with Crippen LogP contribution in [0.15, 0.2) is 0 Å². The smallest absolute Gasteiger partial charge is 0.0900 e. The number of nitrogens with one attached hydrogen (secondary N) is 1. The normalized spacial score (nSPS) is 13.2. The zero-order valence-electron chi connectivity index (χ0n) is 8.29. The van der Waals surface area contributed by atoms with Gasteiger partial charge in [-0.1, -0.05) is 0 Å². The van der Waals surface area contributed by atoms with Crippen molar-refractivity contribution in [2.45, 2.75) is 33.4 Å². The van der Waals surface area contributed by atoms with E-state index in [1.165, 1.54) is 4.88 Å². The maximum absolute atomic E-state index is 9.03. The van der Waals surface area contributed by atoms with E-state index in [4.69, 9.17) is 5.11 Å². The molecule has 0 fully saturated rings. The monoisotopic (exact) mass is 200 g/mol. The molecule has 1 atom stereocenters. The number of thiazole rings is 1. The Labute approximate surface area is 82.8 Å². The number of aryl methyl sites for hydroxylation is 2. The van der Waals surface area contributed by atoms with Gasteiger partial charge in [0.2, 0.25) is 0 Å². The Bertz CT molecular complexity index is 271. The van der Waals surface area contributed by atoms with Gasteiger partial charge >= 0.3 is 0 Å². The fourth-order valence-electron chi connectivity index (χ4n) is 1.13. The zero-order valence-corrected chi connectivity index (χ0v) is 9.11. The average Bonchev–Trinajstić information content (AvgIpc) is 2.29. The third-order valence-electron chi connectivity index (χ3n) is 1.72. The number of hydrogen-bond acceptors (Lipinski definition) is 4. The SMILES string of the molecule is Cc1nc(C)c(CNC[C@H](C)O)s1. The highest BCUT2D eigenvalue weighted by Gasteiger charge is 2.04. The van der Waals surface area contributed by atoms with Crippen molar-refractivity contribution in [2.75, 3.05) is 6.54 Å². The Morgan fingerprint density at radius 1 is 1.54 bits per heavy atom. The van der Waals surface area contributed by atoms with Gasteiger partial charge in [-0.05, 0) is 20.8 Å². The molecular weight excluding hydrogens is 184 g/mol. The minimum absolute atomic E-state index is 0.283. The van der Waals surface area contributed by atoms with Crippen molar-refractivity contribution in [3.63, 3.8) is 0 Å². The molecule has 0 aliphatic rings. The van der Waals surface area contributed by atoms with E-state index in [9.17, 15) is 0 Å². The first-order valence-electron chi connectivity index (χ1n) is 4.41. The van der Waals surface area contributed by atoms with Crippen LogP contribution in [0.2, 0.25) is 0 Å². The first kappa shape index (κ1) is 10.6. The molecule has 1 heterocycles. The van der Waals surface area contributed by atoms with Gasteiger partial charge in [-0.3, -0.25) is 0 Å². The first-order chi connectivity index (χ1) is 6.09. The first-order valence-corrected chi connectivity index (χ1v) is 5.23. The van der Waals surface area contributed by atoms with Crippen molar-refractivity contribution in [3.05, 3.63) is 15.6 Å². The molecular formula is C9H16N2OS. The van der Waals surface area contributed by atoms with Crippen LogP contribution < -0.4 is 5.32 Å². The van der Waals surface area contributed by atoms with Crippen LogP contribution >= 0.6 is 11.3 Å². The second-order valence-corrected chi connectivity index (χ2v) is 4.51. The van der Waals surface area contributed by atoms with Crippen LogP contribution in [0.1, 0.15) is 22.5 Å². The predicted octanol–water partition coefficient (Wildman–Crippen LogP) is 1.23. The van der Waals surface area contributed by atoms with E-state index in [1.54, 1.807) is 18.3 Å². The van der Waals surface area contributed by atoms with E-state index in [-0.39, 0.29) is 6.10 Å². The van der Waals surface area contributed by atoms with Crippen molar-refractivity contribution < 1.29 is 5.11 Å². The van der Waals surface area contributed by atoms with E-state index in [0.717, 1.165) is 17.2 Å². The fourth-order valence-corrected chi connectivity index (χ4v) is 2.04. The van der Waals surface area contributed by atoms with Gasteiger partial charge in [0, 0.05) is 18.0 Å². The molecule has 2 N–H and O–H groups in total. The third-order valence-corrected chi connectivity index (χ3v) is 2.80. The molecule has 0 aliphatic heterocycles. The number of rotatable bonds is 4. The maximum atomic E-state index is 9.03. The van der Waals surface area contributed by atoms with E-state index in [1.807, 2.05) is 13.8 Å².